The third-order valence-electron chi connectivity index (χ3n) is 2.16. The Balaban J connectivity index is 2.09. The highest BCUT2D eigenvalue weighted by Gasteiger charge is 2.09. The van der Waals surface area contributed by atoms with E-state index in [1.54, 1.807) is 0 Å². The van der Waals surface area contributed by atoms with Crippen molar-refractivity contribution in [1.82, 2.24) is 10.9 Å². The monoisotopic (exact) mass is 206 g/mol. The molecule has 3 heteroatoms. The second kappa shape index (κ2) is 4.53. The molecule has 0 spiro atoms. The van der Waals surface area contributed by atoms with Crippen LogP contribution in [0, 0.1) is 0 Å². The topological polar surface area (TPSA) is 24.1 Å². The molecule has 0 aliphatic carbocycles. The Bertz CT molecular complexity index is 319. The van der Waals surface area contributed by atoms with E-state index in [2.05, 4.69) is 48.1 Å². The first kappa shape index (κ1) is 9.62. The Kier molecular flexibility index (Phi) is 3.11. The van der Waals surface area contributed by atoms with Crippen LogP contribution in [0.2, 0.25) is 0 Å². The molecule has 0 aromatic heterocycles. The van der Waals surface area contributed by atoms with Gasteiger partial charge in [-0.2, -0.15) is 0 Å². The fourth-order valence-corrected chi connectivity index (χ4v) is 2.12. The summed E-state index contributed by atoms with van der Waals surface area (Å²) in [6.45, 7) is 2.17. The van der Waals surface area contributed by atoms with Crippen molar-refractivity contribution in [2.24, 2.45) is 0 Å². The van der Waals surface area contributed by atoms with Crippen LogP contribution in [0.1, 0.15) is 18.5 Å². The molecule has 0 radical (unpaired) electrons. The number of hydrogen-bond donors (Lipinski definition) is 2. The van der Waals surface area contributed by atoms with Crippen LogP contribution in [-0.4, -0.2) is 5.75 Å². The van der Waals surface area contributed by atoms with Crippen LogP contribution in [0.4, 0.5) is 0 Å². The van der Waals surface area contributed by atoms with Gasteiger partial charge in [0.2, 0.25) is 0 Å². The number of benzene rings is 1. The lowest BCUT2D eigenvalue weighted by atomic mass is 10.1. The van der Waals surface area contributed by atoms with E-state index in [9.17, 15) is 0 Å². The van der Waals surface area contributed by atoms with E-state index in [0.717, 1.165) is 5.75 Å². The first-order chi connectivity index (χ1) is 6.90. The third kappa shape index (κ3) is 2.11. The molecule has 74 valence electrons. The van der Waals surface area contributed by atoms with Crippen molar-refractivity contribution in [3.8, 4) is 0 Å². The first-order valence-electron chi connectivity index (χ1n) is 4.80. The van der Waals surface area contributed by atoms with Crippen molar-refractivity contribution in [2.75, 3.05) is 5.75 Å². The average molecular weight is 206 g/mol. The summed E-state index contributed by atoms with van der Waals surface area (Å²) < 4.78 is 0. The summed E-state index contributed by atoms with van der Waals surface area (Å²) in [6.07, 6.45) is 4.04. The zero-order valence-electron chi connectivity index (χ0n) is 8.16. The maximum absolute atomic E-state index is 3.16. The van der Waals surface area contributed by atoms with Crippen molar-refractivity contribution in [2.45, 2.75) is 17.9 Å². The highest BCUT2D eigenvalue weighted by atomic mass is 32.2. The van der Waals surface area contributed by atoms with E-state index in [4.69, 9.17) is 0 Å². The summed E-state index contributed by atoms with van der Waals surface area (Å²) in [5.41, 5.74) is 7.43. The standard InChI is InChI=1S/C11H14N2S/c1-2-14-10-5-3-9(4-6-10)11-7-8-12-13-11/h3-8,11-13H,2H2,1H3. The van der Waals surface area contributed by atoms with Gasteiger partial charge >= 0.3 is 0 Å². The zero-order valence-corrected chi connectivity index (χ0v) is 8.97. The molecule has 14 heavy (non-hydrogen) atoms. The van der Waals surface area contributed by atoms with Gasteiger partial charge in [0.05, 0.1) is 6.04 Å². The van der Waals surface area contributed by atoms with Crippen LogP contribution in [0.3, 0.4) is 0 Å². The Morgan fingerprint density at radius 1 is 1.29 bits per heavy atom. The van der Waals surface area contributed by atoms with E-state index in [1.165, 1.54) is 10.5 Å². The van der Waals surface area contributed by atoms with Gasteiger partial charge in [-0.15, -0.1) is 11.8 Å². The van der Waals surface area contributed by atoms with Crippen LogP contribution in [0.5, 0.6) is 0 Å². The van der Waals surface area contributed by atoms with E-state index in [-0.39, 0.29) is 0 Å². The Morgan fingerprint density at radius 3 is 2.64 bits per heavy atom. The molecule has 2 N–H and O–H groups in total. The predicted octanol–water partition coefficient (Wildman–Crippen LogP) is 2.46. The van der Waals surface area contributed by atoms with E-state index >= 15 is 0 Å². The first-order valence-corrected chi connectivity index (χ1v) is 5.79. The lowest BCUT2D eigenvalue weighted by molar-refractivity contribution is 0.610. The van der Waals surface area contributed by atoms with Gasteiger partial charge in [-0.3, -0.25) is 0 Å². The van der Waals surface area contributed by atoms with Crippen LogP contribution < -0.4 is 10.9 Å². The summed E-state index contributed by atoms with van der Waals surface area (Å²) in [7, 11) is 0. The van der Waals surface area contributed by atoms with Gasteiger partial charge in [0.15, 0.2) is 0 Å². The van der Waals surface area contributed by atoms with Crippen LogP contribution in [0.15, 0.2) is 41.4 Å². The lowest BCUT2D eigenvalue weighted by Crippen LogP contribution is -2.23. The molecule has 2 nitrogen and oxygen atoms in total. The van der Waals surface area contributed by atoms with Gasteiger partial charge in [0, 0.05) is 11.1 Å². The number of hydrazine groups is 1. The molecule has 1 aliphatic rings. The van der Waals surface area contributed by atoms with Crippen LogP contribution in [-0.2, 0) is 0 Å². The molecular weight excluding hydrogens is 192 g/mol. The minimum atomic E-state index is 0.315. The van der Waals surface area contributed by atoms with Gasteiger partial charge in [-0.1, -0.05) is 19.1 Å². The number of hydrogen-bond acceptors (Lipinski definition) is 3. The van der Waals surface area contributed by atoms with Crippen molar-refractivity contribution < 1.29 is 0 Å². The lowest BCUT2D eigenvalue weighted by Gasteiger charge is -2.09. The van der Waals surface area contributed by atoms with Gasteiger partial charge in [0.25, 0.3) is 0 Å². The molecule has 0 saturated heterocycles. The third-order valence-corrected chi connectivity index (χ3v) is 3.06. The maximum atomic E-state index is 3.16. The van der Waals surface area contributed by atoms with E-state index in [1.807, 2.05) is 18.0 Å². The second-order valence-electron chi connectivity index (χ2n) is 3.13. The Labute approximate surface area is 88.8 Å². The van der Waals surface area contributed by atoms with E-state index in [0.29, 0.717) is 6.04 Å². The van der Waals surface area contributed by atoms with Crippen molar-refractivity contribution in [1.29, 1.82) is 0 Å². The summed E-state index contributed by atoms with van der Waals surface area (Å²) in [6, 6.07) is 9.02. The highest BCUT2D eigenvalue weighted by molar-refractivity contribution is 7.99. The number of thioether (sulfide) groups is 1. The molecule has 1 aliphatic heterocycles. The van der Waals surface area contributed by atoms with Crippen molar-refractivity contribution in [3.63, 3.8) is 0 Å². The molecule has 1 heterocycles. The SMILES string of the molecule is CCSc1ccc(C2C=CNN2)cc1. The van der Waals surface area contributed by atoms with E-state index < -0.39 is 0 Å². The minimum absolute atomic E-state index is 0.315. The van der Waals surface area contributed by atoms with Gasteiger partial charge in [-0.25, -0.2) is 5.43 Å². The molecule has 1 atom stereocenters. The molecule has 0 fully saturated rings. The molecule has 1 aromatic rings. The molecule has 2 rings (SSSR count). The fourth-order valence-electron chi connectivity index (χ4n) is 1.46. The van der Waals surface area contributed by atoms with Gasteiger partial charge < -0.3 is 5.43 Å². The van der Waals surface area contributed by atoms with Gasteiger partial charge in [0.1, 0.15) is 0 Å². The average Bonchev–Trinajstić information content (AvgIpc) is 2.72. The Hall–Kier alpha value is -0.930. The summed E-state index contributed by atoms with van der Waals surface area (Å²) >= 11 is 1.87. The van der Waals surface area contributed by atoms with Crippen LogP contribution in [0.25, 0.3) is 0 Å². The van der Waals surface area contributed by atoms with Crippen molar-refractivity contribution in [3.05, 3.63) is 42.1 Å². The zero-order chi connectivity index (χ0) is 9.80. The van der Waals surface area contributed by atoms with Gasteiger partial charge in [-0.05, 0) is 29.5 Å². The minimum Gasteiger partial charge on any atom is -0.328 e. The second-order valence-corrected chi connectivity index (χ2v) is 4.46. The smallest absolute Gasteiger partial charge is 0.0707 e. The molecule has 0 bridgehead atoms. The fraction of sp³-hybridized carbons (Fsp3) is 0.273. The molecule has 0 amide bonds. The normalized spacial score (nSPS) is 19.6. The van der Waals surface area contributed by atoms with Crippen molar-refractivity contribution >= 4 is 11.8 Å². The number of rotatable bonds is 3. The quantitative estimate of drug-likeness (QED) is 0.743. The maximum Gasteiger partial charge on any atom is 0.0707 e. The van der Waals surface area contributed by atoms with Crippen LogP contribution >= 0.6 is 11.8 Å². The summed E-state index contributed by atoms with van der Waals surface area (Å²) in [4.78, 5) is 1.34. The molecule has 1 aromatic carbocycles. The molecule has 1 unspecified atom stereocenters. The molecular formula is C11H14N2S. The number of nitrogens with one attached hydrogen (secondary N) is 2. The molecule has 0 saturated carbocycles. The summed E-state index contributed by atoms with van der Waals surface area (Å²) in [5, 5.41) is 0. The largest absolute Gasteiger partial charge is 0.328 e. The summed E-state index contributed by atoms with van der Waals surface area (Å²) in [5.74, 6) is 1.13. The Morgan fingerprint density at radius 2 is 2.07 bits per heavy atom. The highest BCUT2D eigenvalue weighted by Crippen LogP contribution is 2.21. The predicted molar refractivity (Wildman–Crippen MR) is 61.0 cm³/mol.